The molecule has 0 saturated carbocycles. The number of urea groups is 1. The van der Waals surface area contributed by atoms with Crippen LogP contribution in [0.3, 0.4) is 0 Å². The van der Waals surface area contributed by atoms with Gasteiger partial charge < -0.3 is 15.0 Å². The highest BCUT2D eigenvalue weighted by Crippen LogP contribution is 2.23. The second kappa shape index (κ2) is 10.3. The predicted octanol–water partition coefficient (Wildman–Crippen LogP) is 2.43. The van der Waals surface area contributed by atoms with Crippen LogP contribution in [0.5, 0.6) is 0 Å². The topological polar surface area (TPSA) is 99.8 Å². The first-order valence-electron chi connectivity index (χ1n) is 9.80. The summed E-state index contributed by atoms with van der Waals surface area (Å²) in [4.78, 5) is 36.6. The number of hydrazine groups is 1. The minimum Gasteiger partial charge on any atom is -0.370 e. The third-order valence-corrected chi connectivity index (χ3v) is 4.78. The number of amides is 4. The van der Waals surface area contributed by atoms with Crippen molar-refractivity contribution in [2.75, 3.05) is 19.7 Å². The van der Waals surface area contributed by atoms with Gasteiger partial charge in [-0.1, -0.05) is 24.3 Å². The Balaban J connectivity index is 1.49. The molecular weight excluding hydrogens is 448 g/mol. The molecule has 12 heteroatoms. The van der Waals surface area contributed by atoms with E-state index in [9.17, 15) is 31.9 Å². The fraction of sp³-hybridized carbons (Fsp3) is 0.286. The maximum atomic E-state index is 13.5. The van der Waals surface area contributed by atoms with Crippen LogP contribution in [0.1, 0.15) is 27.6 Å². The summed E-state index contributed by atoms with van der Waals surface area (Å²) >= 11 is 0. The van der Waals surface area contributed by atoms with Crippen LogP contribution in [0.25, 0.3) is 0 Å². The third-order valence-electron chi connectivity index (χ3n) is 4.78. The number of hydrogen-bond acceptors (Lipinski definition) is 4. The monoisotopic (exact) mass is 468 g/mol. The van der Waals surface area contributed by atoms with Crippen molar-refractivity contribution < 1.29 is 36.7 Å². The number of nitrogens with zero attached hydrogens (tertiary/aromatic N) is 1. The fourth-order valence-corrected chi connectivity index (χ4v) is 3.06. The largest absolute Gasteiger partial charge is 0.472 e. The van der Waals surface area contributed by atoms with Gasteiger partial charge in [0.1, 0.15) is 11.9 Å². The van der Waals surface area contributed by atoms with Crippen molar-refractivity contribution in [3.8, 4) is 0 Å². The van der Waals surface area contributed by atoms with E-state index in [1.807, 2.05) is 0 Å². The molecule has 1 aliphatic rings. The third kappa shape index (κ3) is 6.65. The van der Waals surface area contributed by atoms with Gasteiger partial charge in [-0.05, 0) is 35.4 Å². The Morgan fingerprint density at radius 1 is 1.06 bits per heavy atom. The van der Waals surface area contributed by atoms with E-state index in [4.69, 9.17) is 4.74 Å². The van der Waals surface area contributed by atoms with Gasteiger partial charge in [0.15, 0.2) is 0 Å². The number of nitrogens with one attached hydrogen (secondary N) is 3. The Hall–Kier alpha value is -3.67. The molecule has 2 aromatic carbocycles. The number of hydrogen-bond donors (Lipinski definition) is 3. The maximum Gasteiger partial charge on any atom is 0.472 e. The Bertz CT molecular complexity index is 1010. The number of alkyl halides is 3. The van der Waals surface area contributed by atoms with Crippen LogP contribution in [-0.2, 0) is 16.1 Å². The van der Waals surface area contributed by atoms with E-state index in [2.05, 4.69) is 5.32 Å². The van der Waals surface area contributed by atoms with E-state index in [1.165, 1.54) is 41.8 Å². The van der Waals surface area contributed by atoms with Gasteiger partial charge in [-0.2, -0.15) is 13.2 Å². The average Bonchev–Trinajstić information content (AvgIpc) is 2.80. The lowest BCUT2D eigenvalue weighted by Gasteiger charge is -2.33. The van der Waals surface area contributed by atoms with Crippen molar-refractivity contribution in [3.05, 3.63) is 71.0 Å². The first-order valence-corrected chi connectivity index (χ1v) is 9.80. The van der Waals surface area contributed by atoms with Crippen molar-refractivity contribution in [2.24, 2.45) is 0 Å². The van der Waals surface area contributed by atoms with Crippen LogP contribution in [0.15, 0.2) is 48.5 Å². The number of carbonyl (C=O) groups excluding carboxylic acids is 3. The first-order chi connectivity index (χ1) is 15.6. The highest BCUT2D eigenvalue weighted by molar-refractivity contribution is 5.95. The number of benzene rings is 2. The van der Waals surface area contributed by atoms with Crippen molar-refractivity contribution in [3.63, 3.8) is 0 Å². The molecule has 33 heavy (non-hydrogen) atoms. The summed E-state index contributed by atoms with van der Waals surface area (Å²) in [7, 11) is 0. The molecule has 3 rings (SSSR count). The van der Waals surface area contributed by atoms with Crippen LogP contribution in [0.4, 0.5) is 22.4 Å². The normalized spacial score (nSPS) is 16.1. The summed E-state index contributed by atoms with van der Waals surface area (Å²) in [6, 6.07) is 11.3. The van der Waals surface area contributed by atoms with Crippen LogP contribution >= 0.6 is 0 Å². The molecule has 0 radical (unpaired) electrons. The molecule has 8 nitrogen and oxygen atoms in total. The zero-order valence-corrected chi connectivity index (χ0v) is 17.1. The lowest BCUT2D eigenvalue weighted by Crippen LogP contribution is -2.47. The second-order valence-electron chi connectivity index (χ2n) is 7.12. The Kier molecular flexibility index (Phi) is 7.48. The van der Waals surface area contributed by atoms with Gasteiger partial charge in [0.25, 0.3) is 5.91 Å². The van der Waals surface area contributed by atoms with Gasteiger partial charge in [0.2, 0.25) is 0 Å². The van der Waals surface area contributed by atoms with Crippen LogP contribution in [0.2, 0.25) is 0 Å². The number of halogens is 4. The van der Waals surface area contributed by atoms with Gasteiger partial charge in [-0.3, -0.25) is 20.4 Å². The summed E-state index contributed by atoms with van der Waals surface area (Å²) in [6.45, 7) is 1.04. The van der Waals surface area contributed by atoms with E-state index in [1.54, 1.807) is 22.5 Å². The van der Waals surface area contributed by atoms with Crippen molar-refractivity contribution in [1.82, 2.24) is 21.1 Å². The molecule has 0 aromatic heterocycles. The Morgan fingerprint density at radius 2 is 1.79 bits per heavy atom. The summed E-state index contributed by atoms with van der Waals surface area (Å²) in [5, 5.41) is 2.73. The lowest BCUT2D eigenvalue weighted by molar-refractivity contribution is -0.174. The highest BCUT2D eigenvalue weighted by Gasteiger charge is 2.39. The van der Waals surface area contributed by atoms with Gasteiger partial charge in [0, 0.05) is 18.7 Å². The smallest absolute Gasteiger partial charge is 0.370 e. The summed E-state index contributed by atoms with van der Waals surface area (Å²) in [6.07, 6.45) is -5.57. The molecule has 1 heterocycles. The molecule has 1 aliphatic heterocycles. The Labute approximate surface area is 185 Å². The Morgan fingerprint density at radius 3 is 2.45 bits per heavy atom. The molecule has 1 fully saturated rings. The molecule has 0 aliphatic carbocycles. The van der Waals surface area contributed by atoms with Crippen LogP contribution < -0.4 is 16.2 Å². The zero-order chi connectivity index (χ0) is 24.0. The number of morpholine rings is 1. The average molecular weight is 468 g/mol. The minimum atomic E-state index is -5.12. The highest BCUT2D eigenvalue weighted by atomic mass is 19.4. The second-order valence-corrected chi connectivity index (χ2v) is 7.12. The molecule has 4 amide bonds. The minimum absolute atomic E-state index is 0.0127. The zero-order valence-electron chi connectivity index (χ0n) is 17.1. The SMILES string of the molecule is O=C(NNC(=O)C(F)(F)F)c1ccc(CNC(=O)N2CCOC(c3cccc(F)c3)C2)cc1. The van der Waals surface area contributed by atoms with E-state index < -0.39 is 29.9 Å². The summed E-state index contributed by atoms with van der Waals surface area (Å²) in [5.74, 6) is -3.62. The summed E-state index contributed by atoms with van der Waals surface area (Å²) in [5.41, 5.74) is 4.22. The van der Waals surface area contributed by atoms with Gasteiger partial charge >= 0.3 is 18.1 Å². The maximum absolute atomic E-state index is 13.5. The van der Waals surface area contributed by atoms with E-state index in [-0.39, 0.29) is 24.7 Å². The molecule has 0 spiro atoms. The van der Waals surface area contributed by atoms with Crippen molar-refractivity contribution in [1.29, 1.82) is 0 Å². The number of rotatable bonds is 4. The van der Waals surface area contributed by atoms with Gasteiger partial charge in [-0.15, -0.1) is 0 Å². The number of carbonyl (C=O) groups is 3. The van der Waals surface area contributed by atoms with Crippen LogP contribution in [0, 0.1) is 5.82 Å². The molecule has 3 N–H and O–H groups in total. The number of ether oxygens (including phenoxy) is 1. The fourth-order valence-electron chi connectivity index (χ4n) is 3.06. The molecular formula is C21H20F4N4O4. The molecule has 176 valence electrons. The van der Waals surface area contributed by atoms with Crippen molar-refractivity contribution in [2.45, 2.75) is 18.8 Å². The standard InChI is InChI=1S/C21H20F4N4O4/c22-16-3-1-2-15(10-16)17-12-29(8-9-33-17)20(32)26-11-13-4-6-14(7-5-13)18(30)27-28-19(31)21(23,24)25/h1-7,10,17H,8-9,11-12H2,(H,26,32)(H,27,30)(H,28,31). The van der Waals surface area contributed by atoms with Crippen molar-refractivity contribution >= 4 is 17.8 Å². The molecule has 1 saturated heterocycles. The molecule has 1 unspecified atom stereocenters. The predicted molar refractivity (Wildman–Crippen MR) is 107 cm³/mol. The molecule has 2 aromatic rings. The van der Waals surface area contributed by atoms with Gasteiger partial charge in [-0.25, -0.2) is 9.18 Å². The summed E-state index contributed by atoms with van der Waals surface area (Å²) < 4.78 is 55.5. The lowest BCUT2D eigenvalue weighted by atomic mass is 10.1. The van der Waals surface area contributed by atoms with Crippen LogP contribution in [-0.4, -0.2) is 48.6 Å². The molecule has 1 atom stereocenters. The van der Waals surface area contributed by atoms with E-state index in [0.29, 0.717) is 24.3 Å². The van der Waals surface area contributed by atoms with E-state index in [0.717, 1.165) is 0 Å². The van der Waals surface area contributed by atoms with Gasteiger partial charge in [0.05, 0.1) is 13.2 Å². The molecule has 0 bridgehead atoms. The van der Waals surface area contributed by atoms with E-state index >= 15 is 0 Å². The first kappa shape index (κ1) is 24.0. The quantitative estimate of drug-likeness (QED) is 0.474.